The summed E-state index contributed by atoms with van der Waals surface area (Å²) in [4.78, 5) is 30.0. The van der Waals surface area contributed by atoms with Crippen molar-refractivity contribution in [2.75, 3.05) is 18.4 Å². The molecule has 276 valence electrons. The molecule has 1 heterocycles. The summed E-state index contributed by atoms with van der Waals surface area (Å²) in [6, 6.07) is 22.0. The molecule has 8 heteroatoms. The van der Waals surface area contributed by atoms with Gasteiger partial charge in [0.15, 0.2) is 0 Å². The van der Waals surface area contributed by atoms with Gasteiger partial charge in [0.25, 0.3) is 0 Å². The van der Waals surface area contributed by atoms with Crippen LogP contribution < -0.4 is 15.4 Å². The van der Waals surface area contributed by atoms with Gasteiger partial charge < -0.3 is 24.7 Å². The standard InChI is InChI=1S/C43H60N4O4/c1-6-8-10-11-12-13-14-15-16-19-29-44-41(48)31-45-35-27-28-37-38(30-35)47(40(46-37)22-9-7-2)32-33-23-25-34(26-24-33)36-20-17-18-21-39(36)50-42(49)51-43(3,4)5/h17-18,20-21,23-28,30,45H,6-16,19,22,29,31-32H2,1-5H3,(H,44,48). The molecule has 0 saturated heterocycles. The minimum atomic E-state index is -0.725. The molecule has 2 N–H and O–H groups in total. The summed E-state index contributed by atoms with van der Waals surface area (Å²) in [5.41, 5.74) is 5.13. The normalized spacial score (nSPS) is 11.5. The number of benzene rings is 3. The van der Waals surface area contributed by atoms with Gasteiger partial charge in [0.1, 0.15) is 17.2 Å². The maximum absolute atomic E-state index is 12.6. The van der Waals surface area contributed by atoms with Crippen LogP contribution in [0.15, 0.2) is 66.7 Å². The molecule has 0 aliphatic carbocycles. The second kappa shape index (κ2) is 20.5. The van der Waals surface area contributed by atoms with Crippen molar-refractivity contribution in [1.82, 2.24) is 14.9 Å². The average Bonchev–Trinajstić information content (AvgIpc) is 3.44. The van der Waals surface area contributed by atoms with Gasteiger partial charge in [-0.15, -0.1) is 0 Å². The second-order valence-electron chi connectivity index (χ2n) is 14.6. The first-order valence-electron chi connectivity index (χ1n) is 19.3. The van der Waals surface area contributed by atoms with Crippen molar-refractivity contribution in [2.45, 2.75) is 130 Å². The number of carbonyl (C=O) groups excluding carboxylic acids is 2. The van der Waals surface area contributed by atoms with Crippen LogP contribution in [0.5, 0.6) is 5.75 Å². The first kappa shape index (κ1) is 39.5. The fourth-order valence-corrected chi connectivity index (χ4v) is 6.20. The average molecular weight is 697 g/mol. The number of rotatable bonds is 21. The third kappa shape index (κ3) is 13.4. The lowest BCUT2D eigenvalue weighted by molar-refractivity contribution is -0.119. The summed E-state index contributed by atoms with van der Waals surface area (Å²) in [6.45, 7) is 11.5. The fourth-order valence-electron chi connectivity index (χ4n) is 6.20. The minimum Gasteiger partial charge on any atom is -0.428 e. The number of aryl methyl sites for hydroxylation is 1. The van der Waals surface area contributed by atoms with Gasteiger partial charge >= 0.3 is 6.16 Å². The van der Waals surface area contributed by atoms with Crippen LogP contribution in [0.3, 0.4) is 0 Å². The highest BCUT2D eigenvalue weighted by atomic mass is 16.7. The number of fused-ring (bicyclic) bond motifs is 1. The summed E-state index contributed by atoms with van der Waals surface area (Å²) in [5, 5.41) is 6.40. The van der Waals surface area contributed by atoms with Crippen molar-refractivity contribution < 1.29 is 19.1 Å². The molecule has 0 bridgehead atoms. The lowest BCUT2D eigenvalue weighted by Gasteiger charge is -2.19. The van der Waals surface area contributed by atoms with Gasteiger partial charge in [-0.1, -0.05) is 121 Å². The maximum Gasteiger partial charge on any atom is 0.514 e. The Labute approximate surface area is 305 Å². The molecule has 1 amide bonds. The lowest BCUT2D eigenvalue weighted by atomic mass is 10.0. The van der Waals surface area contributed by atoms with Crippen LogP contribution in [0.4, 0.5) is 10.5 Å². The number of amides is 1. The van der Waals surface area contributed by atoms with E-state index in [0.29, 0.717) is 12.3 Å². The number of hydrogen-bond donors (Lipinski definition) is 2. The SMILES string of the molecule is CCCCCCCCCCCCNC(=O)CNc1ccc2nc(CCCC)n(Cc3ccc(-c4ccccc4OC(=O)OC(C)(C)C)cc3)c2c1. The van der Waals surface area contributed by atoms with E-state index < -0.39 is 11.8 Å². The molecule has 4 rings (SSSR count). The molecule has 0 saturated carbocycles. The zero-order chi connectivity index (χ0) is 36.5. The van der Waals surface area contributed by atoms with Crippen LogP contribution in [-0.4, -0.2) is 40.3 Å². The Hall–Kier alpha value is -4.33. The largest absolute Gasteiger partial charge is 0.514 e. The predicted octanol–water partition coefficient (Wildman–Crippen LogP) is 10.9. The zero-order valence-corrected chi connectivity index (χ0v) is 31.7. The highest BCUT2D eigenvalue weighted by Crippen LogP contribution is 2.31. The van der Waals surface area contributed by atoms with Crippen molar-refractivity contribution in [2.24, 2.45) is 0 Å². The number of nitrogens with zero attached hydrogens (tertiary/aromatic N) is 2. The first-order valence-corrected chi connectivity index (χ1v) is 19.3. The van der Waals surface area contributed by atoms with Crippen LogP contribution in [0.25, 0.3) is 22.2 Å². The molecule has 0 aliphatic heterocycles. The number of nitrogens with one attached hydrogen (secondary N) is 2. The van der Waals surface area contributed by atoms with Crippen molar-refractivity contribution in [3.05, 3.63) is 78.1 Å². The van der Waals surface area contributed by atoms with E-state index in [2.05, 4.69) is 59.4 Å². The van der Waals surface area contributed by atoms with Crippen LogP contribution in [-0.2, 0) is 22.5 Å². The fraction of sp³-hybridized carbons (Fsp3) is 0.512. The van der Waals surface area contributed by atoms with E-state index in [-0.39, 0.29) is 12.5 Å². The first-order chi connectivity index (χ1) is 24.7. The van der Waals surface area contributed by atoms with Crippen molar-refractivity contribution in [3.63, 3.8) is 0 Å². The van der Waals surface area contributed by atoms with Crippen LogP contribution in [0, 0.1) is 0 Å². The summed E-state index contributed by atoms with van der Waals surface area (Å²) >= 11 is 0. The van der Waals surface area contributed by atoms with Gasteiger partial charge in [-0.3, -0.25) is 4.79 Å². The molecular weight excluding hydrogens is 636 g/mol. The summed E-state index contributed by atoms with van der Waals surface area (Å²) in [7, 11) is 0. The molecule has 3 aromatic carbocycles. The molecule has 0 radical (unpaired) electrons. The van der Waals surface area contributed by atoms with E-state index in [4.69, 9.17) is 14.5 Å². The zero-order valence-electron chi connectivity index (χ0n) is 31.7. The van der Waals surface area contributed by atoms with E-state index in [1.54, 1.807) is 6.07 Å². The molecule has 0 fully saturated rings. The summed E-state index contributed by atoms with van der Waals surface area (Å²) in [5.74, 6) is 1.52. The molecule has 0 aliphatic rings. The third-order valence-electron chi connectivity index (χ3n) is 8.96. The Balaban J connectivity index is 1.35. The molecule has 0 atom stereocenters. The molecule has 1 aromatic heterocycles. The monoisotopic (exact) mass is 696 g/mol. The van der Waals surface area contributed by atoms with Gasteiger partial charge in [0, 0.05) is 30.8 Å². The molecule has 0 unspecified atom stereocenters. The van der Waals surface area contributed by atoms with Crippen LogP contribution >= 0.6 is 0 Å². The smallest absolute Gasteiger partial charge is 0.428 e. The van der Waals surface area contributed by atoms with E-state index in [9.17, 15) is 9.59 Å². The van der Waals surface area contributed by atoms with E-state index in [1.165, 1.54) is 57.8 Å². The Kier molecular flexibility index (Phi) is 15.9. The van der Waals surface area contributed by atoms with Gasteiger partial charge in [-0.2, -0.15) is 0 Å². The third-order valence-corrected chi connectivity index (χ3v) is 8.96. The Morgan fingerprint density at radius 2 is 1.45 bits per heavy atom. The molecular formula is C43H60N4O4. The van der Waals surface area contributed by atoms with E-state index >= 15 is 0 Å². The van der Waals surface area contributed by atoms with Crippen molar-refractivity contribution in [1.29, 1.82) is 0 Å². The molecule has 0 spiro atoms. The van der Waals surface area contributed by atoms with Crippen molar-refractivity contribution in [3.8, 4) is 16.9 Å². The minimum absolute atomic E-state index is 0.0151. The van der Waals surface area contributed by atoms with E-state index in [1.807, 2.05) is 51.1 Å². The number of carbonyl (C=O) groups is 2. The molecule has 8 nitrogen and oxygen atoms in total. The second-order valence-corrected chi connectivity index (χ2v) is 14.6. The van der Waals surface area contributed by atoms with Gasteiger partial charge in [0.05, 0.1) is 17.6 Å². The van der Waals surface area contributed by atoms with Crippen LogP contribution in [0.2, 0.25) is 0 Å². The molecule has 51 heavy (non-hydrogen) atoms. The predicted molar refractivity (Wildman–Crippen MR) is 210 cm³/mol. The Morgan fingerprint density at radius 1 is 0.784 bits per heavy atom. The Morgan fingerprint density at radius 3 is 2.14 bits per heavy atom. The highest BCUT2D eigenvalue weighted by Gasteiger charge is 2.20. The van der Waals surface area contributed by atoms with Gasteiger partial charge in [0.2, 0.25) is 5.91 Å². The summed E-state index contributed by atoms with van der Waals surface area (Å²) in [6.07, 6.45) is 15.1. The van der Waals surface area contributed by atoms with Crippen molar-refractivity contribution >= 4 is 28.8 Å². The number of imidazole rings is 1. The quantitative estimate of drug-likeness (QED) is 0.0511. The van der Waals surface area contributed by atoms with E-state index in [0.717, 1.165) is 71.5 Å². The number of aromatic nitrogens is 2. The Bertz CT molecular complexity index is 1660. The molecule has 4 aromatic rings. The number of unbranched alkanes of at least 4 members (excludes halogenated alkanes) is 10. The number of ether oxygens (including phenoxy) is 2. The van der Waals surface area contributed by atoms with Gasteiger partial charge in [-0.25, -0.2) is 9.78 Å². The maximum atomic E-state index is 12.6. The lowest BCUT2D eigenvalue weighted by Crippen LogP contribution is -2.30. The van der Waals surface area contributed by atoms with Crippen LogP contribution in [0.1, 0.15) is 123 Å². The highest BCUT2D eigenvalue weighted by molar-refractivity contribution is 5.84. The number of para-hydroxylation sites is 1. The van der Waals surface area contributed by atoms with Gasteiger partial charge in [-0.05, 0) is 69.0 Å². The topological polar surface area (TPSA) is 94.5 Å². The number of hydrogen-bond acceptors (Lipinski definition) is 6. The summed E-state index contributed by atoms with van der Waals surface area (Å²) < 4.78 is 13.2. The number of anilines is 1.